The van der Waals surface area contributed by atoms with Gasteiger partial charge in [-0.05, 0) is 31.9 Å². The van der Waals surface area contributed by atoms with E-state index in [0.29, 0.717) is 23.0 Å². The Hall–Kier alpha value is -2.22. The molecule has 5 heteroatoms. The Balaban J connectivity index is 2.04. The monoisotopic (exact) mass is 244 g/mol. The second-order valence-electron chi connectivity index (χ2n) is 4.53. The van der Waals surface area contributed by atoms with E-state index in [1.165, 1.54) is 0 Å². The van der Waals surface area contributed by atoms with Gasteiger partial charge in [-0.1, -0.05) is 6.07 Å². The standard InChI is InChI=1S/C13H16N4O/c1-8(13(18)17-10-5-6-10)16-11-4-2-3-9(7-14)12(11)15/h2-4,8,10,16H,5-6,15H2,1H3,(H,17,18). The Morgan fingerprint density at radius 3 is 2.89 bits per heavy atom. The van der Waals surface area contributed by atoms with Gasteiger partial charge in [-0.15, -0.1) is 0 Å². The minimum atomic E-state index is -0.373. The van der Waals surface area contributed by atoms with Crippen molar-refractivity contribution in [3.8, 4) is 6.07 Å². The maximum atomic E-state index is 11.8. The third kappa shape index (κ3) is 2.72. The van der Waals surface area contributed by atoms with Crippen LogP contribution >= 0.6 is 0 Å². The summed E-state index contributed by atoms with van der Waals surface area (Å²) in [6.07, 6.45) is 2.12. The number of nitrogens with two attached hydrogens (primary N) is 1. The Morgan fingerprint density at radius 1 is 1.56 bits per heavy atom. The van der Waals surface area contributed by atoms with E-state index in [1.807, 2.05) is 6.07 Å². The largest absolute Gasteiger partial charge is 0.396 e. The molecule has 5 nitrogen and oxygen atoms in total. The van der Waals surface area contributed by atoms with E-state index in [-0.39, 0.29) is 11.9 Å². The van der Waals surface area contributed by atoms with Crippen molar-refractivity contribution in [1.82, 2.24) is 5.32 Å². The highest BCUT2D eigenvalue weighted by atomic mass is 16.2. The Kier molecular flexibility index (Phi) is 3.38. The molecule has 1 aromatic rings. The Bertz CT molecular complexity index is 502. The highest BCUT2D eigenvalue weighted by Gasteiger charge is 2.25. The van der Waals surface area contributed by atoms with Gasteiger partial charge in [-0.25, -0.2) is 0 Å². The number of carbonyl (C=O) groups excluding carboxylic acids is 1. The average molecular weight is 244 g/mol. The zero-order chi connectivity index (χ0) is 13.1. The fraction of sp³-hybridized carbons (Fsp3) is 0.385. The predicted octanol–water partition coefficient (Wildman–Crippen LogP) is 1.22. The molecule has 1 unspecified atom stereocenters. The van der Waals surface area contributed by atoms with Crippen LogP contribution in [-0.2, 0) is 4.79 Å². The average Bonchev–Trinajstić information content (AvgIpc) is 3.15. The molecule has 1 saturated carbocycles. The summed E-state index contributed by atoms with van der Waals surface area (Å²) in [5, 5.41) is 14.8. The van der Waals surface area contributed by atoms with E-state index in [4.69, 9.17) is 11.0 Å². The molecule has 0 saturated heterocycles. The SMILES string of the molecule is CC(Nc1cccc(C#N)c1N)C(=O)NC1CC1. The lowest BCUT2D eigenvalue weighted by Gasteiger charge is -2.16. The van der Waals surface area contributed by atoms with Crippen LogP contribution in [0, 0.1) is 11.3 Å². The molecule has 0 aliphatic heterocycles. The Labute approximate surface area is 106 Å². The maximum Gasteiger partial charge on any atom is 0.242 e. The highest BCUT2D eigenvalue weighted by Crippen LogP contribution is 2.23. The number of para-hydroxylation sites is 1. The van der Waals surface area contributed by atoms with Crippen molar-refractivity contribution in [2.24, 2.45) is 0 Å². The number of nitrogens with zero attached hydrogens (tertiary/aromatic N) is 1. The predicted molar refractivity (Wildman–Crippen MR) is 69.8 cm³/mol. The summed E-state index contributed by atoms with van der Waals surface area (Å²) >= 11 is 0. The van der Waals surface area contributed by atoms with Gasteiger partial charge in [-0.3, -0.25) is 4.79 Å². The van der Waals surface area contributed by atoms with E-state index < -0.39 is 0 Å². The van der Waals surface area contributed by atoms with Gasteiger partial charge in [0.25, 0.3) is 0 Å². The second-order valence-corrected chi connectivity index (χ2v) is 4.53. The smallest absolute Gasteiger partial charge is 0.242 e. The second kappa shape index (κ2) is 4.96. The van der Waals surface area contributed by atoms with E-state index in [2.05, 4.69) is 10.6 Å². The van der Waals surface area contributed by atoms with Gasteiger partial charge in [-0.2, -0.15) is 5.26 Å². The molecule has 0 spiro atoms. The number of nitrogen functional groups attached to an aromatic ring is 1. The summed E-state index contributed by atoms with van der Waals surface area (Å²) in [7, 11) is 0. The first kappa shape index (κ1) is 12.2. The third-order valence-electron chi connectivity index (χ3n) is 2.92. The topological polar surface area (TPSA) is 90.9 Å². The lowest BCUT2D eigenvalue weighted by Crippen LogP contribution is -2.38. The fourth-order valence-corrected chi connectivity index (χ4v) is 1.64. The molecule has 94 valence electrons. The normalized spacial score (nSPS) is 15.6. The van der Waals surface area contributed by atoms with E-state index in [1.54, 1.807) is 25.1 Å². The van der Waals surface area contributed by atoms with Crippen LogP contribution in [0.3, 0.4) is 0 Å². The molecule has 1 atom stereocenters. The molecule has 2 rings (SSSR count). The van der Waals surface area contributed by atoms with Crippen LogP contribution in [-0.4, -0.2) is 18.0 Å². The van der Waals surface area contributed by atoms with Crippen LogP contribution in [0.4, 0.5) is 11.4 Å². The zero-order valence-electron chi connectivity index (χ0n) is 10.2. The zero-order valence-corrected chi connectivity index (χ0v) is 10.2. The first-order valence-corrected chi connectivity index (χ1v) is 5.97. The molecule has 0 aromatic heterocycles. The molecule has 0 bridgehead atoms. The number of hydrogen-bond donors (Lipinski definition) is 3. The van der Waals surface area contributed by atoms with E-state index in [0.717, 1.165) is 12.8 Å². The van der Waals surface area contributed by atoms with Gasteiger partial charge in [0, 0.05) is 6.04 Å². The molecular weight excluding hydrogens is 228 g/mol. The van der Waals surface area contributed by atoms with Crippen LogP contribution in [0.15, 0.2) is 18.2 Å². The van der Waals surface area contributed by atoms with Gasteiger partial charge < -0.3 is 16.4 Å². The van der Waals surface area contributed by atoms with Crippen LogP contribution in [0.5, 0.6) is 0 Å². The molecule has 0 radical (unpaired) electrons. The van der Waals surface area contributed by atoms with Crippen LogP contribution < -0.4 is 16.4 Å². The van der Waals surface area contributed by atoms with Gasteiger partial charge >= 0.3 is 0 Å². The summed E-state index contributed by atoms with van der Waals surface area (Å²) in [6.45, 7) is 1.77. The van der Waals surface area contributed by atoms with Crippen LogP contribution in [0.1, 0.15) is 25.3 Å². The highest BCUT2D eigenvalue weighted by molar-refractivity contribution is 5.86. The van der Waals surface area contributed by atoms with Crippen molar-refractivity contribution < 1.29 is 4.79 Å². The molecule has 4 N–H and O–H groups in total. The van der Waals surface area contributed by atoms with Crippen LogP contribution in [0.25, 0.3) is 0 Å². The Morgan fingerprint density at radius 2 is 2.28 bits per heavy atom. The van der Waals surface area contributed by atoms with Crippen molar-refractivity contribution in [3.63, 3.8) is 0 Å². The molecule has 18 heavy (non-hydrogen) atoms. The first-order valence-electron chi connectivity index (χ1n) is 5.97. The number of rotatable bonds is 4. The first-order chi connectivity index (χ1) is 8.61. The summed E-state index contributed by atoms with van der Waals surface area (Å²) in [5.41, 5.74) is 7.25. The number of carbonyl (C=O) groups is 1. The molecule has 1 amide bonds. The number of amides is 1. The molecule has 0 heterocycles. The summed E-state index contributed by atoms with van der Waals surface area (Å²) in [4.78, 5) is 11.8. The van der Waals surface area contributed by atoms with Crippen molar-refractivity contribution in [1.29, 1.82) is 5.26 Å². The number of anilines is 2. The van der Waals surface area contributed by atoms with E-state index in [9.17, 15) is 4.79 Å². The molecule has 1 aromatic carbocycles. The quantitative estimate of drug-likeness (QED) is 0.694. The number of benzene rings is 1. The maximum absolute atomic E-state index is 11.8. The van der Waals surface area contributed by atoms with Crippen molar-refractivity contribution in [2.75, 3.05) is 11.1 Å². The van der Waals surface area contributed by atoms with Crippen LogP contribution in [0.2, 0.25) is 0 Å². The molecular formula is C13H16N4O. The van der Waals surface area contributed by atoms with E-state index >= 15 is 0 Å². The summed E-state index contributed by atoms with van der Waals surface area (Å²) in [5.74, 6) is -0.0424. The lowest BCUT2D eigenvalue weighted by molar-refractivity contribution is -0.121. The molecule has 1 fully saturated rings. The number of nitrogens with one attached hydrogen (secondary N) is 2. The number of hydrogen-bond acceptors (Lipinski definition) is 4. The number of nitriles is 1. The van der Waals surface area contributed by atoms with Crippen molar-refractivity contribution in [2.45, 2.75) is 31.8 Å². The van der Waals surface area contributed by atoms with Gasteiger partial charge in [0.05, 0.1) is 16.9 Å². The lowest BCUT2D eigenvalue weighted by atomic mass is 10.1. The van der Waals surface area contributed by atoms with Crippen molar-refractivity contribution >= 4 is 17.3 Å². The van der Waals surface area contributed by atoms with Gasteiger partial charge in [0.15, 0.2) is 0 Å². The third-order valence-corrected chi connectivity index (χ3v) is 2.92. The molecule has 1 aliphatic rings. The van der Waals surface area contributed by atoms with Gasteiger partial charge in [0.1, 0.15) is 12.1 Å². The summed E-state index contributed by atoms with van der Waals surface area (Å²) < 4.78 is 0. The fourth-order valence-electron chi connectivity index (χ4n) is 1.64. The minimum Gasteiger partial charge on any atom is -0.396 e. The van der Waals surface area contributed by atoms with Gasteiger partial charge in [0.2, 0.25) is 5.91 Å². The molecule has 1 aliphatic carbocycles. The summed E-state index contributed by atoms with van der Waals surface area (Å²) in [6, 6.07) is 7.13. The minimum absolute atomic E-state index is 0.0424. The van der Waals surface area contributed by atoms with Crippen molar-refractivity contribution in [3.05, 3.63) is 23.8 Å².